The van der Waals surface area contributed by atoms with Gasteiger partial charge in [-0.2, -0.15) is 26.3 Å². The first-order valence-corrected chi connectivity index (χ1v) is 7.44. The van der Waals surface area contributed by atoms with E-state index in [2.05, 4.69) is 0 Å². The second-order valence-electron chi connectivity index (χ2n) is 5.13. The Kier molecular flexibility index (Phi) is 13.0. The van der Waals surface area contributed by atoms with E-state index in [-0.39, 0.29) is 35.7 Å². The smallest absolute Gasteiger partial charge is 0.378 e. The third-order valence-corrected chi connectivity index (χ3v) is 3.29. The fourth-order valence-electron chi connectivity index (χ4n) is 1.99. The number of halogens is 9. The summed E-state index contributed by atoms with van der Waals surface area (Å²) in [6, 6.07) is 0. The molecule has 0 N–H and O–H groups in total. The normalized spacial score (nSPS) is 19.6. The molecule has 0 amide bonds. The largest absolute Gasteiger partial charge is 0.447 e. The molecule has 2 heterocycles. The molecular weight excluding hydrogens is 399 g/mol. The molecule has 27 heavy (non-hydrogen) atoms. The number of allylic oxidation sites excluding steroid dienone is 2. The number of hydrogen-bond acceptors (Lipinski definition) is 4. The summed E-state index contributed by atoms with van der Waals surface area (Å²) in [5, 5.41) is 0. The van der Waals surface area contributed by atoms with Gasteiger partial charge in [-0.15, -0.1) is 0 Å². The van der Waals surface area contributed by atoms with Gasteiger partial charge in [0.1, 0.15) is 5.83 Å². The number of morpholine rings is 2. The van der Waals surface area contributed by atoms with Crippen molar-refractivity contribution in [2.75, 3.05) is 52.6 Å². The van der Waals surface area contributed by atoms with E-state index in [1.165, 1.54) is 4.90 Å². The molecule has 162 valence electrons. The van der Waals surface area contributed by atoms with Crippen molar-refractivity contribution in [3.05, 3.63) is 23.6 Å². The Hall–Kier alpha value is -1.63. The van der Waals surface area contributed by atoms with Crippen molar-refractivity contribution in [3.63, 3.8) is 0 Å². The number of hydrogen-bond donors (Lipinski definition) is 0. The Morgan fingerprint density at radius 2 is 1.04 bits per heavy atom. The molecule has 0 aliphatic carbocycles. The van der Waals surface area contributed by atoms with Crippen LogP contribution in [0.2, 0.25) is 0 Å². The molecule has 0 aromatic carbocycles. The van der Waals surface area contributed by atoms with Crippen LogP contribution in [0.3, 0.4) is 0 Å². The van der Waals surface area contributed by atoms with E-state index in [1.807, 2.05) is 0 Å². The van der Waals surface area contributed by atoms with Crippen molar-refractivity contribution >= 4 is 0 Å². The second kappa shape index (κ2) is 12.7. The molecule has 0 aromatic rings. The quantitative estimate of drug-likeness (QED) is 0.502. The van der Waals surface area contributed by atoms with Gasteiger partial charge in [-0.1, -0.05) is 0 Å². The lowest BCUT2D eigenvalue weighted by Crippen LogP contribution is -2.35. The Morgan fingerprint density at radius 3 is 1.33 bits per heavy atom. The van der Waals surface area contributed by atoms with Crippen LogP contribution in [-0.4, -0.2) is 68.6 Å². The minimum Gasteiger partial charge on any atom is -0.378 e. The van der Waals surface area contributed by atoms with Gasteiger partial charge < -0.3 is 19.3 Å². The molecule has 2 aliphatic rings. The third kappa shape index (κ3) is 9.22. The molecule has 0 unspecified atom stereocenters. The van der Waals surface area contributed by atoms with Crippen LogP contribution in [0.1, 0.15) is 6.92 Å². The summed E-state index contributed by atoms with van der Waals surface area (Å²) in [4.78, 5) is 2.02. The Bertz CT molecular complexity index is 481. The first-order valence-electron chi connectivity index (χ1n) is 7.44. The van der Waals surface area contributed by atoms with Crippen molar-refractivity contribution in [3.8, 4) is 0 Å². The summed E-state index contributed by atoms with van der Waals surface area (Å²) >= 11 is 0. The molecule has 4 nitrogen and oxygen atoms in total. The lowest BCUT2D eigenvalue weighted by Gasteiger charge is -2.27. The second-order valence-corrected chi connectivity index (χ2v) is 5.13. The molecule has 0 saturated carbocycles. The highest BCUT2D eigenvalue weighted by atomic mass is 19.4. The van der Waals surface area contributed by atoms with Crippen LogP contribution in [0.25, 0.3) is 0 Å². The van der Waals surface area contributed by atoms with E-state index < -0.39 is 29.7 Å². The Labute approximate surface area is 149 Å². The Balaban J connectivity index is 0. The molecule has 2 saturated heterocycles. The van der Waals surface area contributed by atoms with Crippen LogP contribution in [0.5, 0.6) is 0 Å². The van der Waals surface area contributed by atoms with Gasteiger partial charge in [-0.3, -0.25) is 9.41 Å². The van der Waals surface area contributed by atoms with Gasteiger partial charge in [0.2, 0.25) is 11.9 Å². The van der Waals surface area contributed by atoms with Crippen LogP contribution < -0.4 is 0 Å². The van der Waals surface area contributed by atoms with Gasteiger partial charge >= 0.3 is 6.18 Å². The topological polar surface area (TPSA) is 24.9 Å². The van der Waals surface area contributed by atoms with Gasteiger partial charge in [0.05, 0.1) is 26.4 Å². The zero-order valence-electron chi connectivity index (χ0n) is 14.3. The molecule has 0 aromatic heterocycles. The van der Waals surface area contributed by atoms with Gasteiger partial charge in [0, 0.05) is 26.2 Å². The lowest BCUT2D eigenvalue weighted by atomic mass is 10.4. The van der Waals surface area contributed by atoms with E-state index in [0.29, 0.717) is 31.2 Å². The van der Waals surface area contributed by atoms with Crippen LogP contribution in [0, 0.1) is 0 Å². The fraction of sp³-hybridized carbons (Fsp3) is 0.714. The highest BCUT2D eigenvalue weighted by molar-refractivity contribution is 5.05. The molecule has 0 atom stereocenters. The minimum absolute atomic E-state index is 0. The molecule has 0 bridgehead atoms. The molecular formula is C14H21F9N2O2. The summed E-state index contributed by atoms with van der Waals surface area (Å²) in [5.74, 6) is -6.06. The van der Waals surface area contributed by atoms with Gasteiger partial charge in [-0.05, 0) is 6.92 Å². The van der Waals surface area contributed by atoms with Crippen molar-refractivity contribution in [2.24, 2.45) is 0 Å². The highest BCUT2D eigenvalue weighted by Crippen LogP contribution is 2.31. The maximum Gasteiger partial charge on any atom is 0.447 e. The zero-order valence-corrected chi connectivity index (χ0v) is 14.3. The average molecular weight is 420 g/mol. The predicted molar refractivity (Wildman–Crippen MR) is 80.0 cm³/mol. The van der Waals surface area contributed by atoms with Crippen molar-refractivity contribution in [1.82, 2.24) is 9.80 Å². The van der Waals surface area contributed by atoms with Crippen molar-refractivity contribution < 1.29 is 49.6 Å². The lowest BCUT2D eigenvalue weighted by molar-refractivity contribution is -0.114. The number of rotatable bonds is 2. The van der Waals surface area contributed by atoms with E-state index in [4.69, 9.17) is 9.47 Å². The maximum atomic E-state index is 12.8. The number of nitrogens with zero attached hydrogens (tertiary/aromatic N) is 2. The molecule has 0 radical (unpaired) electrons. The summed E-state index contributed by atoms with van der Waals surface area (Å²) in [6.45, 7) is 2.98. The number of ether oxygens (including phenoxy) is 2. The summed E-state index contributed by atoms with van der Waals surface area (Å²) in [7, 11) is 0. The van der Waals surface area contributed by atoms with E-state index >= 15 is 0 Å². The van der Waals surface area contributed by atoms with Gasteiger partial charge in [-0.25, -0.2) is 4.39 Å². The Morgan fingerprint density at radius 1 is 0.704 bits per heavy atom. The zero-order chi connectivity index (χ0) is 19.0. The molecule has 2 rings (SSSR count). The van der Waals surface area contributed by atoms with Crippen molar-refractivity contribution in [1.29, 1.82) is 0 Å². The predicted octanol–water partition coefficient (Wildman–Crippen LogP) is 3.74. The van der Waals surface area contributed by atoms with E-state index in [0.717, 1.165) is 6.92 Å². The van der Waals surface area contributed by atoms with Gasteiger partial charge in [0.15, 0.2) is 0 Å². The number of alkyl halides is 3. The van der Waals surface area contributed by atoms with Crippen LogP contribution >= 0.6 is 0 Å². The minimum atomic E-state index is -5.26. The summed E-state index contributed by atoms with van der Waals surface area (Å²) in [5.41, 5.74) is 0. The fourth-order valence-corrected chi connectivity index (χ4v) is 1.99. The monoisotopic (exact) mass is 420 g/mol. The van der Waals surface area contributed by atoms with Gasteiger partial charge in [0.25, 0.3) is 5.83 Å². The van der Waals surface area contributed by atoms with Crippen LogP contribution in [0.4, 0.5) is 40.1 Å². The SMILES string of the molecule is C/C(F)=C(/F)N1CCOCC1.F.F.F/C(=C(/F)C(F)(F)F)N1CCOCC1. The highest BCUT2D eigenvalue weighted by Gasteiger charge is 2.40. The van der Waals surface area contributed by atoms with Crippen molar-refractivity contribution in [2.45, 2.75) is 13.1 Å². The molecule has 13 heteroatoms. The molecule has 2 aliphatic heterocycles. The maximum absolute atomic E-state index is 12.8. The van der Waals surface area contributed by atoms with E-state index in [9.17, 15) is 30.7 Å². The standard InChI is InChI=1S/C7H8F5NO.C7H11F2NO.2FH/c8-5(7(10,11)12)6(9)13-1-3-14-4-2-13;1-6(8)7(9)10-2-4-11-5-3-10;;/h1-4H2;2-5H2,1H3;2*1H/b6-5-;7-6+;;. The first-order chi connectivity index (χ1) is 11.6. The third-order valence-electron chi connectivity index (χ3n) is 3.29. The first kappa shape index (κ1) is 27.6. The van der Waals surface area contributed by atoms with Crippen LogP contribution in [0.15, 0.2) is 23.6 Å². The summed E-state index contributed by atoms with van der Waals surface area (Å²) < 4.78 is 95.2. The molecule has 0 spiro atoms. The average Bonchev–Trinajstić information content (AvgIpc) is 2.61. The van der Waals surface area contributed by atoms with E-state index in [1.54, 1.807) is 0 Å². The summed E-state index contributed by atoms with van der Waals surface area (Å²) in [6.07, 6.45) is -5.26. The molecule has 2 fully saturated rings. The van der Waals surface area contributed by atoms with Crippen LogP contribution in [-0.2, 0) is 9.47 Å².